The minimum Gasteiger partial charge on any atom is -0.383 e. The number of hydrogen-bond donors (Lipinski definition) is 1. The zero-order chi connectivity index (χ0) is 28.4. The zero-order valence-electron chi connectivity index (χ0n) is 21.8. The Morgan fingerprint density at radius 2 is 1.80 bits per heavy atom. The van der Waals surface area contributed by atoms with Crippen molar-refractivity contribution in [1.82, 2.24) is 24.7 Å². The average Bonchev–Trinajstić information content (AvgIpc) is 3.50. The largest absolute Gasteiger partial charge is 0.385 e. The molecule has 0 spiro atoms. The van der Waals surface area contributed by atoms with Crippen LogP contribution in [0.15, 0.2) is 71.5 Å². The first-order valence-electron chi connectivity index (χ1n) is 12.3. The van der Waals surface area contributed by atoms with Crippen molar-refractivity contribution >= 4 is 61.8 Å². The number of hydrogen-bond acceptors (Lipinski definition) is 7. The number of anilines is 1. The molecule has 0 aliphatic carbocycles. The fourth-order valence-corrected chi connectivity index (χ4v) is 5.50. The summed E-state index contributed by atoms with van der Waals surface area (Å²) in [5, 5.41) is 12.8. The van der Waals surface area contributed by atoms with Crippen LogP contribution in [0.3, 0.4) is 0 Å². The topological polar surface area (TPSA) is 96.1 Å². The summed E-state index contributed by atoms with van der Waals surface area (Å²) < 4.78 is 7.81. The molecule has 9 nitrogen and oxygen atoms in total. The monoisotopic (exact) mass is 642 g/mol. The standard InChI is InChI=1S/C28H25BrCl2N6O3/c1-16-8-11-20(31)14-22(16)32-24(18-9-12-19(30)13-10-18)26-25(33-28(29)36(26)17(2)15-39-3)27(38)40-37-23-7-5-4-6-21(23)34-35-37/h4-14,17,24,32H,15H2,1-3H3. The predicted molar refractivity (Wildman–Crippen MR) is 158 cm³/mol. The van der Waals surface area contributed by atoms with Gasteiger partial charge in [0.05, 0.1) is 24.4 Å². The number of methoxy groups -OCH3 is 1. The summed E-state index contributed by atoms with van der Waals surface area (Å²) in [7, 11) is 1.62. The number of nitrogens with one attached hydrogen (secondary N) is 1. The van der Waals surface area contributed by atoms with Crippen LogP contribution in [-0.2, 0) is 4.74 Å². The fourth-order valence-electron chi connectivity index (χ4n) is 4.48. The first kappa shape index (κ1) is 28.1. The second kappa shape index (κ2) is 12.0. The molecule has 2 aromatic heterocycles. The third kappa shape index (κ3) is 5.71. The maximum Gasteiger partial charge on any atom is 0.385 e. The molecule has 2 heterocycles. The van der Waals surface area contributed by atoms with Crippen molar-refractivity contribution in [3.63, 3.8) is 0 Å². The van der Waals surface area contributed by atoms with Gasteiger partial charge in [-0.05, 0) is 82.5 Å². The van der Waals surface area contributed by atoms with E-state index < -0.39 is 12.0 Å². The normalized spacial score (nSPS) is 12.8. The summed E-state index contributed by atoms with van der Waals surface area (Å²) in [5.74, 6) is -0.710. The van der Waals surface area contributed by atoms with Gasteiger partial charge in [0.25, 0.3) is 0 Å². The van der Waals surface area contributed by atoms with Gasteiger partial charge in [0.1, 0.15) is 11.0 Å². The molecule has 5 rings (SSSR count). The van der Waals surface area contributed by atoms with Crippen LogP contribution in [0.4, 0.5) is 5.69 Å². The summed E-state index contributed by atoms with van der Waals surface area (Å²) in [4.78, 5) is 25.2. The summed E-state index contributed by atoms with van der Waals surface area (Å²) >= 11 is 16.2. The molecule has 1 N–H and O–H groups in total. The van der Waals surface area contributed by atoms with E-state index in [9.17, 15) is 4.79 Å². The van der Waals surface area contributed by atoms with Gasteiger partial charge in [-0.3, -0.25) is 0 Å². The molecule has 2 unspecified atom stereocenters. The van der Waals surface area contributed by atoms with Gasteiger partial charge in [-0.15, -0.1) is 5.10 Å². The van der Waals surface area contributed by atoms with E-state index in [1.165, 1.54) is 0 Å². The molecule has 0 aliphatic rings. The average molecular weight is 644 g/mol. The van der Waals surface area contributed by atoms with Crippen molar-refractivity contribution in [1.29, 1.82) is 0 Å². The lowest BCUT2D eigenvalue weighted by atomic mass is 10.00. The number of aromatic nitrogens is 5. The lowest BCUT2D eigenvalue weighted by molar-refractivity contribution is 0.0400. The SMILES string of the molecule is COCC(C)n1c(Br)nc(C(=O)On2nnc3ccccc32)c1C(Nc1cc(Cl)ccc1C)c1ccc(Cl)cc1. The van der Waals surface area contributed by atoms with Crippen LogP contribution in [0.5, 0.6) is 0 Å². The van der Waals surface area contributed by atoms with Gasteiger partial charge in [-0.2, -0.15) is 0 Å². The molecule has 0 saturated heterocycles. The van der Waals surface area contributed by atoms with Crippen molar-refractivity contribution in [3.8, 4) is 0 Å². The molecule has 3 aromatic carbocycles. The maximum atomic E-state index is 13.8. The van der Waals surface area contributed by atoms with Crippen LogP contribution in [-0.4, -0.2) is 44.4 Å². The molecule has 0 fully saturated rings. The molecule has 0 radical (unpaired) electrons. The minimum absolute atomic E-state index is 0.0848. The Bertz CT molecular complexity index is 1670. The van der Waals surface area contributed by atoms with E-state index >= 15 is 0 Å². The highest BCUT2D eigenvalue weighted by atomic mass is 79.9. The molecule has 0 aliphatic heterocycles. The summed E-state index contributed by atoms with van der Waals surface area (Å²) in [6.07, 6.45) is 0. The van der Waals surface area contributed by atoms with Crippen LogP contribution < -0.4 is 10.2 Å². The molecule has 5 aromatic rings. The number of aryl methyl sites for hydroxylation is 1. The first-order valence-corrected chi connectivity index (χ1v) is 13.9. The van der Waals surface area contributed by atoms with Crippen LogP contribution >= 0.6 is 39.1 Å². The lowest BCUT2D eigenvalue weighted by Gasteiger charge is -2.26. The number of fused-ring (bicyclic) bond motifs is 1. The number of carbonyl (C=O) groups excluding carboxylic acids is 1. The van der Waals surface area contributed by atoms with E-state index in [-0.39, 0.29) is 11.7 Å². The summed E-state index contributed by atoms with van der Waals surface area (Å²) in [5.41, 5.74) is 4.36. The summed E-state index contributed by atoms with van der Waals surface area (Å²) in [6, 6.07) is 19.4. The van der Waals surface area contributed by atoms with Crippen LogP contribution in [0.1, 0.15) is 46.3 Å². The van der Waals surface area contributed by atoms with Gasteiger partial charge < -0.3 is 19.5 Å². The van der Waals surface area contributed by atoms with Crippen molar-refractivity contribution in [2.24, 2.45) is 0 Å². The Morgan fingerprint density at radius 1 is 1.07 bits per heavy atom. The van der Waals surface area contributed by atoms with E-state index in [1.54, 1.807) is 31.4 Å². The Kier molecular flexibility index (Phi) is 8.41. The fraction of sp³-hybridized carbons (Fsp3) is 0.214. The van der Waals surface area contributed by atoms with E-state index in [0.717, 1.165) is 21.7 Å². The second-order valence-corrected chi connectivity index (χ2v) is 10.8. The number of benzene rings is 3. The van der Waals surface area contributed by atoms with Gasteiger partial charge in [-0.25, -0.2) is 9.78 Å². The molecular weight excluding hydrogens is 619 g/mol. The van der Waals surface area contributed by atoms with Gasteiger partial charge in [0.2, 0.25) is 0 Å². The van der Waals surface area contributed by atoms with E-state index in [4.69, 9.17) is 32.8 Å². The smallest absolute Gasteiger partial charge is 0.383 e. The number of rotatable bonds is 9. The first-order chi connectivity index (χ1) is 19.3. The lowest BCUT2D eigenvalue weighted by Crippen LogP contribution is -2.27. The molecule has 2 atom stereocenters. The molecule has 0 saturated carbocycles. The molecular formula is C28H25BrCl2N6O3. The Balaban J connectivity index is 1.67. The van der Waals surface area contributed by atoms with Crippen molar-refractivity contribution < 1.29 is 14.4 Å². The van der Waals surface area contributed by atoms with Gasteiger partial charge in [0.15, 0.2) is 10.4 Å². The van der Waals surface area contributed by atoms with Gasteiger partial charge >= 0.3 is 5.97 Å². The van der Waals surface area contributed by atoms with E-state index in [2.05, 4.69) is 36.5 Å². The molecule has 0 bridgehead atoms. The Morgan fingerprint density at radius 3 is 2.55 bits per heavy atom. The maximum absolute atomic E-state index is 13.8. The quantitative estimate of drug-likeness (QED) is 0.179. The molecule has 12 heteroatoms. The number of para-hydroxylation sites is 1. The molecule has 0 amide bonds. The highest BCUT2D eigenvalue weighted by molar-refractivity contribution is 9.10. The zero-order valence-corrected chi connectivity index (χ0v) is 24.9. The van der Waals surface area contributed by atoms with E-state index in [0.29, 0.717) is 38.1 Å². The number of ether oxygens (including phenoxy) is 1. The number of imidazole rings is 1. The Hall–Kier alpha value is -3.44. The Labute approximate surface area is 249 Å². The third-order valence-corrected chi connectivity index (χ3v) is 7.46. The summed E-state index contributed by atoms with van der Waals surface area (Å²) in [6.45, 7) is 4.32. The van der Waals surface area contributed by atoms with Gasteiger partial charge in [0, 0.05) is 22.8 Å². The third-order valence-electron chi connectivity index (χ3n) is 6.41. The van der Waals surface area contributed by atoms with Crippen molar-refractivity contribution in [2.45, 2.75) is 25.9 Å². The van der Waals surface area contributed by atoms with E-state index in [1.807, 2.05) is 60.9 Å². The van der Waals surface area contributed by atoms with Crippen LogP contribution in [0, 0.1) is 6.92 Å². The van der Waals surface area contributed by atoms with Crippen LogP contribution in [0.25, 0.3) is 11.0 Å². The predicted octanol–water partition coefficient (Wildman–Crippen LogP) is 6.68. The van der Waals surface area contributed by atoms with Gasteiger partial charge in [-0.1, -0.05) is 58.4 Å². The van der Waals surface area contributed by atoms with Crippen LogP contribution in [0.2, 0.25) is 10.0 Å². The van der Waals surface area contributed by atoms with Crippen molar-refractivity contribution in [2.75, 3.05) is 19.0 Å². The minimum atomic E-state index is -0.710. The number of halogens is 3. The van der Waals surface area contributed by atoms with Crippen molar-refractivity contribution in [3.05, 3.63) is 104 Å². The number of carbonyl (C=O) groups is 1. The second-order valence-electron chi connectivity index (χ2n) is 9.21. The highest BCUT2D eigenvalue weighted by Crippen LogP contribution is 2.36. The number of nitrogens with zero attached hydrogens (tertiary/aromatic N) is 5. The molecule has 206 valence electrons. The highest BCUT2D eigenvalue weighted by Gasteiger charge is 2.33. The molecule has 40 heavy (non-hydrogen) atoms.